The molecule has 0 fully saturated rings. The molecule has 0 aliphatic carbocycles. The van der Waals surface area contributed by atoms with E-state index in [4.69, 9.17) is 4.74 Å². The van der Waals surface area contributed by atoms with Crippen LogP contribution in [0.5, 0.6) is 0 Å². The summed E-state index contributed by atoms with van der Waals surface area (Å²) in [4.78, 5) is 14.2. The van der Waals surface area contributed by atoms with Crippen LogP contribution in [-0.2, 0) is 24.8 Å². The van der Waals surface area contributed by atoms with Crippen LogP contribution >= 0.6 is 15.9 Å². The van der Waals surface area contributed by atoms with Gasteiger partial charge in [0.2, 0.25) is 0 Å². The van der Waals surface area contributed by atoms with E-state index in [9.17, 15) is 4.79 Å². The molecule has 0 spiro atoms. The third kappa shape index (κ3) is 3.00. The highest BCUT2D eigenvalue weighted by Gasteiger charge is 2.34. The first-order valence-electron chi connectivity index (χ1n) is 6.92. The molecule has 1 amide bonds. The van der Waals surface area contributed by atoms with E-state index in [0.717, 1.165) is 28.7 Å². The molecular formula is C14H22BrN3O2. The Bertz CT molecular complexity index is 519. The van der Waals surface area contributed by atoms with Crippen LogP contribution in [0.25, 0.3) is 0 Å². The average Bonchev–Trinajstić information content (AvgIpc) is 2.61. The number of halogens is 1. The van der Waals surface area contributed by atoms with E-state index < -0.39 is 5.60 Å². The maximum absolute atomic E-state index is 12.4. The van der Waals surface area contributed by atoms with E-state index in [-0.39, 0.29) is 12.1 Å². The van der Waals surface area contributed by atoms with Crippen LogP contribution in [0.4, 0.5) is 4.79 Å². The highest BCUT2D eigenvalue weighted by molar-refractivity contribution is 9.10. The number of amides is 1. The zero-order valence-electron chi connectivity index (χ0n) is 12.7. The molecule has 1 unspecified atom stereocenters. The van der Waals surface area contributed by atoms with Crippen LogP contribution < -0.4 is 0 Å². The molecule has 112 valence electrons. The summed E-state index contributed by atoms with van der Waals surface area (Å²) in [5, 5.41) is 4.51. The van der Waals surface area contributed by atoms with Gasteiger partial charge in [0, 0.05) is 25.1 Å². The Labute approximate surface area is 128 Å². The quantitative estimate of drug-likeness (QED) is 0.786. The van der Waals surface area contributed by atoms with Gasteiger partial charge in [-0.25, -0.2) is 4.79 Å². The fourth-order valence-corrected chi connectivity index (χ4v) is 2.89. The number of hydrogen-bond acceptors (Lipinski definition) is 3. The fraction of sp³-hybridized carbons (Fsp3) is 0.714. The van der Waals surface area contributed by atoms with Crippen LogP contribution in [-0.4, -0.2) is 32.4 Å². The van der Waals surface area contributed by atoms with Gasteiger partial charge in [-0.3, -0.25) is 4.68 Å². The number of rotatable bonds is 1. The standard InChI is InChI=1S/C14H22BrN3O2/c1-6-9-7-11-10(12(15)17(5)16-11)8-18(9)13(19)20-14(2,3)4/h9H,6-8H2,1-5H3. The Kier molecular flexibility index (Phi) is 4.14. The smallest absolute Gasteiger partial charge is 0.410 e. The van der Waals surface area contributed by atoms with Gasteiger partial charge in [0.1, 0.15) is 10.2 Å². The van der Waals surface area contributed by atoms with Crippen molar-refractivity contribution >= 4 is 22.0 Å². The predicted octanol–water partition coefficient (Wildman–Crippen LogP) is 3.25. The number of aryl methyl sites for hydroxylation is 1. The van der Waals surface area contributed by atoms with E-state index in [1.54, 1.807) is 0 Å². The molecule has 0 N–H and O–H groups in total. The van der Waals surface area contributed by atoms with Gasteiger partial charge in [0.25, 0.3) is 0 Å². The maximum atomic E-state index is 12.4. The van der Waals surface area contributed by atoms with Crippen molar-refractivity contribution in [2.24, 2.45) is 7.05 Å². The highest BCUT2D eigenvalue weighted by Crippen LogP contribution is 2.30. The minimum Gasteiger partial charge on any atom is -0.444 e. The van der Waals surface area contributed by atoms with Crippen LogP contribution in [0.15, 0.2) is 4.60 Å². The van der Waals surface area contributed by atoms with Gasteiger partial charge in [-0.15, -0.1) is 0 Å². The van der Waals surface area contributed by atoms with Crippen molar-refractivity contribution in [2.75, 3.05) is 0 Å². The summed E-state index contributed by atoms with van der Waals surface area (Å²) in [6.45, 7) is 8.31. The van der Waals surface area contributed by atoms with Gasteiger partial charge in [-0.1, -0.05) is 6.92 Å². The van der Waals surface area contributed by atoms with Gasteiger partial charge in [0.05, 0.1) is 12.2 Å². The number of ether oxygens (including phenoxy) is 1. The predicted molar refractivity (Wildman–Crippen MR) is 80.5 cm³/mol. The molecule has 2 heterocycles. The summed E-state index contributed by atoms with van der Waals surface area (Å²) >= 11 is 3.54. The van der Waals surface area contributed by atoms with E-state index in [1.165, 1.54) is 0 Å². The Morgan fingerprint density at radius 3 is 2.70 bits per heavy atom. The topological polar surface area (TPSA) is 47.4 Å². The van der Waals surface area contributed by atoms with Crippen molar-refractivity contribution in [3.05, 3.63) is 15.9 Å². The summed E-state index contributed by atoms with van der Waals surface area (Å²) in [5.74, 6) is 0. The summed E-state index contributed by atoms with van der Waals surface area (Å²) in [5.41, 5.74) is 1.69. The fourth-order valence-electron chi connectivity index (χ4n) is 2.45. The summed E-state index contributed by atoms with van der Waals surface area (Å²) in [7, 11) is 1.90. The van der Waals surface area contributed by atoms with Gasteiger partial charge < -0.3 is 9.64 Å². The molecule has 0 saturated carbocycles. The Morgan fingerprint density at radius 1 is 1.50 bits per heavy atom. The highest BCUT2D eigenvalue weighted by atomic mass is 79.9. The van der Waals surface area contributed by atoms with Crippen molar-refractivity contribution in [3.63, 3.8) is 0 Å². The monoisotopic (exact) mass is 343 g/mol. The molecule has 20 heavy (non-hydrogen) atoms. The SMILES string of the molecule is CCC1Cc2nn(C)c(Br)c2CN1C(=O)OC(C)(C)C. The van der Waals surface area contributed by atoms with Gasteiger partial charge in [-0.2, -0.15) is 5.10 Å². The van der Waals surface area contributed by atoms with Crippen molar-refractivity contribution in [1.82, 2.24) is 14.7 Å². The van der Waals surface area contributed by atoms with E-state index >= 15 is 0 Å². The molecule has 1 atom stereocenters. The lowest BCUT2D eigenvalue weighted by atomic mass is 9.99. The molecular weight excluding hydrogens is 322 g/mol. The average molecular weight is 344 g/mol. The van der Waals surface area contributed by atoms with Gasteiger partial charge >= 0.3 is 6.09 Å². The minimum absolute atomic E-state index is 0.152. The van der Waals surface area contributed by atoms with Crippen molar-refractivity contribution in [2.45, 2.75) is 58.7 Å². The number of carbonyl (C=O) groups excluding carboxylic acids is 1. The molecule has 0 aromatic carbocycles. The third-order valence-electron chi connectivity index (χ3n) is 3.45. The second-order valence-electron chi connectivity index (χ2n) is 6.21. The Morgan fingerprint density at radius 2 is 2.15 bits per heavy atom. The molecule has 0 radical (unpaired) electrons. The molecule has 1 aliphatic rings. The Balaban J connectivity index is 2.25. The van der Waals surface area contributed by atoms with Gasteiger partial charge in [-0.05, 0) is 43.1 Å². The number of hydrogen-bond donors (Lipinski definition) is 0. The molecule has 0 bridgehead atoms. The first-order chi connectivity index (χ1) is 9.23. The van der Waals surface area contributed by atoms with Crippen LogP contribution in [0.3, 0.4) is 0 Å². The van der Waals surface area contributed by atoms with Crippen LogP contribution in [0.2, 0.25) is 0 Å². The number of fused-ring (bicyclic) bond motifs is 1. The molecule has 1 aromatic heterocycles. The second kappa shape index (κ2) is 5.39. The van der Waals surface area contributed by atoms with Gasteiger partial charge in [0.15, 0.2) is 0 Å². The molecule has 2 rings (SSSR count). The maximum Gasteiger partial charge on any atom is 0.410 e. The molecule has 1 aromatic rings. The summed E-state index contributed by atoms with van der Waals surface area (Å²) < 4.78 is 8.27. The Hall–Kier alpha value is -1.04. The third-order valence-corrected chi connectivity index (χ3v) is 4.44. The van der Waals surface area contributed by atoms with Crippen molar-refractivity contribution in [1.29, 1.82) is 0 Å². The first kappa shape index (κ1) is 15.4. The zero-order chi connectivity index (χ0) is 15.1. The van der Waals surface area contributed by atoms with Crippen molar-refractivity contribution in [3.8, 4) is 0 Å². The number of carbonyl (C=O) groups is 1. The lowest BCUT2D eigenvalue weighted by Gasteiger charge is -2.35. The molecule has 0 saturated heterocycles. The molecule has 1 aliphatic heterocycles. The summed E-state index contributed by atoms with van der Waals surface area (Å²) in [6, 6.07) is 0.152. The van der Waals surface area contributed by atoms with E-state index in [0.29, 0.717) is 6.54 Å². The lowest BCUT2D eigenvalue weighted by Crippen LogP contribution is -2.46. The normalized spacial score (nSPS) is 18.9. The first-order valence-corrected chi connectivity index (χ1v) is 7.72. The lowest BCUT2D eigenvalue weighted by molar-refractivity contribution is 0.0113. The minimum atomic E-state index is -0.470. The molecule has 5 nitrogen and oxygen atoms in total. The second-order valence-corrected chi connectivity index (χ2v) is 6.97. The number of nitrogens with zero attached hydrogens (tertiary/aromatic N) is 3. The van der Waals surface area contributed by atoms with Crippen LogP contribution in [0.1, 0.15) is 45.4 Å². The summed E-state index contributed by atoms with van der Waals surface area (Å²) in [6.07, 6.45) is 1.43. The van der Waals surface area contributed by atoms with E-state index in [1.807, 2.05) is 37.4 Å². The van der Waals surface area contributed by atoms with Crippen LogP contribution in [0, 0.1) is 0 Å². The zero-order valence-corrected chi connectivity index (χ0v) is 14.3. The van der Waals surface area contributed by atoms with Crippen molar-refractivity contribution < 1.29 is 9.53 Å². The largest absolute Gasteiger partial charge is 0.444 e. The molecule has 6 heteroatoms. The van der Waals surface area contributed by atoms with E-state index in [2.05, 4.69) is 28.0 Å². The number of aromatic nitrogens is 2.